The number of nitrogens with one attached hydrogen (secondary N) is 1. The third-order valence-corrected chi connectivity index (χ3v) is 8.85. The lowest BCUT2D eigenvalue weighted by molar-refractivity contribution is -0.119. The van der Waals surface area contributed by atoms with Gasteiger partial charge in [-0.2, -0.15) is 0 Å². The minimum absolute atomic E-state index is 0.0790. The Morgan fingerprint density at radius 1 is 1.33 bits per heavy atom. The van der Waals surface area contributed by atoms with Crippen LogP contribution in [0.1, 0.15) is 98.8 Å². The van der Waals surface area contributed by atoms with Crippen molar-refractivity contribution in [2.45, 2.75) is 117 Å². The van der Waals surface area contributed by atoms with E-state index < -0.39 is 11.7 Å². The second kappa shape index (κ2) is 10.5. The second-order valence-corrected chi connectivity index (χ2v) is 12.1. The van der Waals surface area contributed by atoms with Crippen molar-refractivity contribution in [2.75, 3.05) is 0 Å². The molecule has 0 aliphatic heterocycles. The molecule has 3 aliphatic carbocycles. The van der Waals surface area contributed by atoms with Crippen molar-refractivity contribution in [1.82, 2.24) is 5.32 Å². The molecule has 0 unspecified atom stereocenters. The Morgan fingerprint density at radius 3 is 2.73 bits per heavy atom. The van der Waals surface area contributed by atoms with Gasteiger partial charge in [0.2, 0.25) is 5.91 Å². The average Bonchev–Trinajstić information content (AvgIpc) is 3.05. The number of carbonyl (C=O) groups is 1. The first-order valence-corrected chi connectivity index (χ1v) is 13.2. The molecule has 33 heavy (non-hydrogen) atoms. The summed E-state index contributed by atoms with van der Waals surface area (Å²) in [6.45, 7) is 14.5. The van der Waals surface area contributed by atoms with Crippen LogP contribution in [-0.2, 0) is 4.79 Å². The fourth-order valence-corrected chi connectivity index (χ4v) is 7.15. The number of aliphatic hydroxyl groups excluding tert-OH is 1. The van der Waals surface area contributed by atoms with Crippen molar-refractivity contribution in [1.29, 1.82) is 0 Å². The zero-order valence-corrected chi connectivity index (χ0v) is 21.6. The summed E-state index contributed by atoms with van der Waals surface area (Å²) in [7, 11) is 0. The molecule has 186 valence electrons. The smallest absolute Gasteiger partial charge is 0.217 e. The number of carbonyl (C=O) groups excluding carboxylic acids is 1. The largest absolute Gasteiger partial charge is 0.393 e. The summed E-state index contributed by atoms with van der Waals surface area (Å²) in [5, 5.41) is 23.4. The van der Waals surface area contributed by atoms with E-state index in [1.165, 1.54) is 39.0 Å². The van der Waals surface area contributed by atoms with Crippen molar-refractivity contribution in [2.24, 2.45) is 23.2 Å². The van der Waals surface area contributed by atoms with Gasteiger partial charge < -0.3 is 15.5 Å². The van der Waals surface area contributed by atoms with Crippen LogP contribution < -0.4 is 5.32 Å². The maximum Gasteiger partial charge on any atom is 0.217 e. The van der Waals surface area contributed by atoms with Gasteiger partial charge in [-0.05, 0) is 99.5 Å². The summed E-state index contributed by atoms with van der Waals surface area (Å²) < 4.78 is 0. The van der Waals surface area contributed by atoms with E-state index in [2.05, 4.69) is 37.9 Å². The molecule has 0 aromatic carbocycles. The minimum Gasteiger partial charge on any atom is -0.393 e. The van der Waals surface area contributed by atoms with E-state index in [0.717, 1.165) is 36.3 Å². The highest BCUT2D eigenvalue weighted by Gasteiger charge is 2.50. The van der Waals surface area contributed by atoms with Crippen molar-refractivity contribution in [3.63, 3.8) is 0 Å². The van der Waals surface area contributed by atoms with E-state index in [0.29, 0.717) is 30.1 Å². The fourth-order valence-electron chi connectivity index (χ4n) is 7.15. The minimum atomic E-state index is -0.564. The zero-order chi connectivity index (χ0) is 24.4. The van der Waals surface area contributed by atoms with E-state index in [1.807, 2.05) is 13.8 Å². The molecular weight excluding hydrogens is 410 g/mol. The summed E-state index contributed by atoms with van der Waals surface area (Å²) in [4.78, 5) is 11.6. The van der Waals surface area contributed by atoms with E-state index in [-0.39, 0.29) is 11.9 Å². The molecular formula is C29H47NO3. The molecule has 3 fully saturated rings. The lowest BCUT2D eigenvalue weighted by Gasteiger charge is -2.44. The number of rotatable bonds is 7. The molecule has 4 heteroatoms. The first-order chi connectivity index (χ1) is 15.4. The molecule has 0 saturated heterocycles. The van der Waals surface area contributed by atoms with Gasteiger partial charge in [0.05, 0.1) is 17.7 Å². The molecule has 0 aromatic heterocycles. The van der Waals surface area contributed by atoms with Crippen LogP contribution in [0.15, 0.2) is 35.5 Å². The molecule has 6 atom stereocenters. The first kappa shape index (κ1) is 26.2. The molecule has 3 rings (SSSR count). The van der Waals surface area contributed by atoms with E-state index >= 15 is 0 Å². The van der Waals surface area contributed by atoms with Crippen LogP contribution in [0.2, 0.25) is 0 Å². The third kappa shape index (κ3) is 6.39. The molecule has 4 nitrogen and oxygen atoms in total. The van der Waals surface area contributed by atoms with Gasteiger partial charge >= 0.3 is 0 Å². The third-order valence-electron chi connectivity index (χ3n) is 8.85. The van der Waals surface area contributed by atoms with Crippen LogP contribution in [0.25, 0.3) is 0 Å². The Morgan fingerprint density at radius 2 is 2.06 bits per heavy atom. The molecule has 3 N–H and O–H groups in total. The number of aliphatic hydroxyl groups is 2. The standard InChI is InChI=1S/C29H47NO3/c1-19(9-7-15-28(4,5)33)25-13-14-26-22(10-8-16-29(25,26)6)11-12-23-17-24(32)18-27(20(23)2)30-21(3)31/h11-12,19,24-27,32-33H,2,7-10,13-18H2,1,3-6H3,(H,30,31)/b22-11+,23-12-/t19-,24-,25-,26+,27+,29-/m1/s1. The average molecular weight is 458 g/mol. The number of fused-ring (bicyclic) bond motifs is 1. The summed E-state index contributed by atoms with van der Waals surface area (Å²) in [5.74, 6) is 1.99. The van der Waals surface area contributed by atoms with Gasteiger partial charge in [0, 0.05) is 6.92 Å². The number of hydrogen-bond acceptors (Lipinski definition) is 3. The monoisotopic (exact) mass is 457 g/mol. The maximum absolute atomic E-state index is 11.6. The quantitative estimate of drug-likeness (QED) is 0.449. The van der Waals surface area contributed by atoms with Crippen molar-refractivity contribution >= 4 is 5.91 Å². The number of amides is 1. The molecule has 3 saturated carbocycles. The Labute approximate surface area is 201 Å². The topological polar surface area (TPSA) is 69.6 Å². The van der Waals surface area contributed by atoms with Crippen molar-refractivity contribution < 1.29 is 15.0 Å². The molecule has 3 aliphatic rings. The molecule has 0 spiro atoms. The van der Waals surface area contributed by atoms with Crippen molar-refractivity contribution in [3.8, 4) is 0 Å². The lowest BCUT2D eigenvalue weighted by Crippen LogP contribution is -2.40. The van der Waals surface area contributed by atoms with Gasteiger partial charge in [-0.15, -0.1) is 0 Å². The highest BCUT2D eigenvalue weighted by molar-refractivity contribution is 5.74. The molecule has 1 amide bonds. The van der Waals surface area contributed by atoms with E-state index in [1.54, 1.807) is 5.57 Å². The predicted molar refractivity (Wildman–Crippen MR) is 136 cm³/mol. The van der Waals surface area contributed by atoms with Gasteiger partial charge in [0.1, 0.15) is 0 Å². The van der Waals surface area contributed by atoms with Gasteiger partial charge in [0.15, 0.2) is 0 Å². The van der Waals surface area contributed by atoms with Crippen LogP contribution >= 0.6 is 0 Å². The molecule has 0 heterocycles. The van der Waals surface area contributed by atoms with E-state index in [4.69, 9.17) is 0 Å². The summed E-state index contributed by atoms with van der Waals surface area (Å²) >= 11 is 0. The Bertz CT molecular complexity index is 789. The highest BCUT2D eigenvalue weighted by Crippen LogP contribution is 2.60. The Kier molecular flexibility index (Phi) is 8.32. The summed E-state index contributed by atoms with van der Waals surface area (Å²) in [6.07, 6.45) is 14.7. The number of hydrogen-bond donors (Lipinski definition) is 3. The molecule has 0 radical (unpaired) electrons. The van der Waals surface area contributed by atoms with Crippen LogP contribution in [0.3, 0.4) is 0 Å². The predicted octanol–water partition coefficient (Wildman–Crippen LogP) is 5.85. The van der Waals surface area contributed by atoms with Crippen LogP contribution in [0.4, 0.5) is 0 Å². The van der Waals surface area contributed by atoms with Gasteiger partial charge in [0.25, 0.3) is 0 Å². The van der Waals surface area contributed by atoms with Crippen molar-refractivity contribution in [3.05, 3.63) is 35.5 Å². The molecule has 0 bridgehead atoms. The lowest BCUT2D eigenvalue weighted by atomic mass is 9.60. The normalized spacial score (nSPS) is 36.2. The highest BCUT2D eigenvalue weighted by atomic mass is 16.3. The first-order valence-electron chi connectivity index (χ1n) is 13.2. The maximum atomic E-state index is 11.6. The second-order valence-electron chi connectivity index (χ2n) is 12.1. The van der Waals surface area contributed by atoms with Crippen LogP contribution in [-0.4, -0.2) is 33.9 Å². The van der Waals surface area contributed by atoms with Gasteiger partial charge in [-0.3, -0.25) is 4.79 Å². The zero-order valence-electron chi connectivity index (χ0n) is 21.6. The SMILES string of the molecule is C=C1/C(=C\C=C2/CCC[C@]3(C)[C@@H]([C@H](C)CCCC(C)(C)O)CC[C@@H]23)C[C@@H](O)C[C@@H]1NC(C)=O. The molecule has 0 aromatic rings. The van der Waals surface area contributed by atoms with E-state index in [9.17, 15) is 15.0 Å². The van der Waals surface area contributed by atoms with Gasteiger partial charge in [-0.1, -0.05) is 51.0 Å². The Hall–Kier alpha value is -1.39. The Balaban J connectivity index is 1.71. The summed E-state index contributed by atoms with van der Waals surface area (Å²) in [6, 6.07) is -0.173. The fraction of sp³-hybridized carbons (Fsp3) is 0.759. The van der Waals surface area contributed by atoms with Crippen LogP contribution in [0.5, 0.6) is 0 Å². The van der Waals surface area contributed by atoms with Crippen LogP contribution in [0, 0.1) is 23.2 Å². The van der Waals surface area contributed by atoms with Gasteiger partial charge in [-0.25, -0.2) is 0 Å². The number of allylic oxidation sites excluding steroid dienone is 3. The summed E-state index contributed by atoms with van der Waals surface area (Å²) in [5.41, 5.74) is 3.37.